The number of nitrogens with zero attached hydrogens (tertiary/aromatic N) is 2. The van der Waals surface area contributed by atoms with E-state index in [0.29, 0.717) is 25.9 Å². The van der Waals surface area contributed by atoms with Crippen LogP contribution in [-0.4, -0.2) is 39.2 Å². The maximum absolute atomic E-state index is 11.7. The first-order valence-corrected chi connectivity index (χ1v) is 6.35. The zero-order chi connectivity index (χ0) is 12.3. The Kier molecular flexibility index (Phi) is 3.83. The standard InChI is InChI=1S/C11H14N2O3S/c1-8(14)17-10-4-11(15)13(5-10)3-2-9-6-16-7-12-9/h6-7,10H,2-5H2,1H3. The fourth-order valence-electron chi connectivity index (χ4n) is 1.88. The molecule has 1 aliphatic heterocycles. The molecule has 1 saturated heterocycles. The Labute approximate surface area is 104 Å². The molecular weight excluding hydrogens is 240 g/mol. The van der Waals surface area contributed by atoms with Crippen molar-refractivity contribution in [2.45, 2.75) is 25.0 Å². The van der Waals surface area contributed by atoms with Gasteiger partial charge in [0.25, 0.3) is 0 Å². The summed E-state index contributed by atoms with van der Waals surface area (Å²) in [6.45, 7) is 2.83. The maximum atomic E-state index is 11.7. The summed E-state index contributed by atoms with van der Waals surface area (Å²) in [5.74, 6) is 0.118. The lowest BCUT2D eigenvalue weighted by atomic mass is 10.3. The van der Waals surface area contributed by atoms with Gasteiger partial charge in [-0.2, -0.15) is 0 Å². The minimum Gasteiger partial charge on any atom is -0.451 e. The summed E-state index contributed by atoms with van der Waals surface area (Å²) in [6.07, 6.45) is 4.13. The van der Waals surface area contributed by atoms with E-state index < -0.39 is 0 Å². The summed E-state index contributed by atoms with van der Waals surface area (Å²) in [5, 5.41) is 0.179. The summed E-state index contributed by atoms with van der Waals surface area (Å²) in [7, 11) is 0. The molecule has 6 heteroatoms. The molecule has 0 spiro atoms. The first kappa shape index (κ1) is 12.2. The number of carbonyl (C=O) groups is 2. The molecule has 17 heavy (non-hydrogen) atoms. The van der Waals surface area contributed by atoms with Crippen LogP contribution in [0.25, 0.3) is 0 Å². The monoisotopic (exact) mass is 254 g/mol. The molecule has 0 N–H and O–H groups in total. The van der Waals surface area contributed by atoms with Crippen molar-refractivity contribution in [2.75, 3.05) is 13.1 Å². The van der Waals surface area contributed by atoms with Gasteiger partial charge in [-0.3, -0.25) is 9.59 Å². The van der Waals surface area contributed by atoms with Crippen molar-refractivity contribution < 1.29 is 14.0 Å². The summed E-state index contributed by atoms with van der Waals surface area (Å²) < 4.78 is 4.87. The molecule has 2 heterocycles. The molecule has 0 saturated carbocycles. The molecule has 0 aromatic carbocycles. The van der Waals surface area contributed by atoms with E-state index >= 15 is 0 Å². The van der Waals surface area contributed by atoms with E-state index in [9.17, 15) is 9.59 Å². The highest BCUT2D eigenvalue weighted by molar-refractivity contribution is 8.14. The summed E-state index contributed by atoms with van der Waals surface area (Å²) in [5.41, 5.74) is 0.848. The van der Waals surface area contributed by atoms with Gasteiger partial charge in [0.05, 0.1) is 5.69 Å². The molecule has 1 amide bonds. The third-order valence-corrected chi connectivity index (χ3v) is 3.61. The molecule has 1 aromatic rings. The summed E-state index contributed by atoms with van der Waals surface area (Å²) in [4.78, 5) is 28.4. The van der Waals surface area contributed by atoms with Crippen LogP contribution in [0.3, 0.4) is 0 Å². The first-order valence-electron chi connectivity index (χ1n) is 5.47. The number of amides is 1. The number of hydrogen-bond donors (Lipinski definition) is 0. The van der Waals surface area contributed by atoms with Crippen molar-refractivity contribution in [3.05, 3.63) is 18.4 Å². The number of oxazole rings is 1. The van der Waals surface area contributed by atoms with Gasteiger partial charge in [-0.05, 0) is 0 Å². The van der Waals surface area contributed by atoms with E-state index in [1.165, 1.54) is 25.1 Å². The third kappa shape index (κ3) is 3.33. The highest BCUT2D eigenvalue weighted by Gasteiger charge is 2.30. The molecule has 1 atom stereocenters. The van der Waals surface area contributed by atoms with Crippen molar-refractivity contribution in [2.24, 2.45) is 0 Å². The van der Waals surface area contributed by atoms with Gasteiger partial charge < -0.3 is 9.32 Å². The van der Waals surface area contributed by atoms with Gasteiger partial charge in [0.2, 0.25) is 5.91 Å². The second-order valence-corrected chi connectivity index (χ2v) is 5.48. The lowest BCUT2D eigenvalue weighted by Gasteiger charge is -2.15. The van der Waals surface area contributed by atoms with Crippen LogP contribution in [0.15, 0.2) is 17.1 Å². The van der Waals surface area contributed by atoms with Crippen LogP contribution in [0, 0.1) is 0 Å². The van der Waals surface area contributed by atoms with Gasteiger partial charge in [-0.1, -0.05) is 11.8 Å². The van der Waals surface area contributed by atoms with Gasteiger partial charge in [0.1, 0.15) is 6.26 Å². The first-order chi connectivity index (χ1) is 8.15. The van der Waals surface area contributed by atoms with Crippen molar-refractivity contribution in [1.29, 1.82) is 0 Å². The number of carbonyl (C=O) groups excluding carboxylic acids is 2. The summed E-state index contributed by atoms with van der Waals surface area (Å²) in [6, 6.07) is 0. The average molecular weight is 254 g/mol. The van der Waals surface area contributed by atoms with E-state index in [4.69, 9.17) is 4.42 Å². The summed E-state index contributed by atoms with van der Waals surface area (Å²) >= 11 is 1.26. The van der Waals surface area contributed by atoms with Crippen molar-refractivity contribution in [3.8, 4) is 0 Å². The van der Waals surface area contributed by atoms with E-state index in [2.05, 4.69) is 4.98 Å². The van der Waals surface area contributed by atoms with Crippen LogP contribution in [0.1, 0.15) is 19.0 Å². The van der Waals surface area contributed by atoms with Gasteiger partial charge >= 0.3 is 0 Å². The fourth-order valence-corrected chi connectivity index (χ4v) is 2.83. The molecule has 2 rings (SSSR count). The SMILES string of the molecule is CC(=O)SC1CC(=O)N(CCc2cocn2)C1. The number of aromatic nitrogens is 1. The molecule has 1 aromatic heterocycles. The van der Waals surface area contributed by atoms with Crippen LogP contribution >= 0.6 is 11.8 Å². The molecule has 1 fully saturated rings. The van der Waals surface area contributed by atoms with Crippen molar-refractivity contribution >= 4 is 22.8 Å². The maximum Gasteiger partial charge on any atom is 0.223 e. The van der Waals surface area contributed by atoms with E-state index in [-0.39, 0.29) is 16.3 Å². The Morgan fingerprint density at radius 2 is 2.53 bits per heavy atom. The fraction of sp³-hybridized carbons (Fsp3) is 0.545. The Morgan fingerprint density at radius 3 is 3.18 bits per heavy atom. The molecule has 1 aliphatic rings. The van der Waals surface area contributed by atoms with Gasteiger partial charge in [0.15, 0.2) is 11.5 Å². The van der Waals surface area contributed by atoms with Crippen LogP contribution in [0.5, 0.6) is 0 Å². The average Bonchev–Trinajstić information content (AvgIpc) is 2.84. The topological polar surface area (TPSA) is 63.4 Å². The Bertz CT molecular complexity index is 405. The molecule has 1 unspecified atom stereocenters. The van der Waals surface area contributed by atoms with Crippen LogP contribution in [-0.2, 0) is 16.0 Å². The largest absolute Gasteiger partial charge is 0.451 e. The van der Waals surface area contributed by atoms with E-state index in [1.54, 1.807) is 11.2 Å². The molecule has 5 nitrogen and oxygen atoms in total. The third-order valence-electron chi connectivity index (χ3n) is 2.63. The minimum atomic E-state index is 0.0705. The predicted molar refractivity (Wildman–Crippen MR) is 63.5 cm³/mol. The second kappa shape index (κ2) is 5.35. The highest BCUT2D eigenvalue weighted by atomic mass is 32.2. The minimum absolute atomic E-state index is 0.0705. The quantitative estimate of drug-likeness (QED) is 0.805. The van der Waals surface area contributed by atoms with Crippen molar-refractivity contribution in [3.63, 3.8) is 0 Å². The van der Waals surface area contributed by atoms with E-state index in [1.807, 2.05) is 0 Å². The van der Waals surface area contributed by atoms with Crippen LogP contribution in [0.2, 0.25) is 0 Å². The smallest absolute Gasteiger partial charge is 0.223 e. The Hall–Kier alpha value is -1.30. The Morgan fingerprint density at radius 1 is 1.71 bits per heavy atom. The van der Waals surface area contributed by atoms with Crippen LogP contribution < -0.4 is 0 Å². The number of hydrogen-bond acceptors (Lipinski definition) is 5. The molecule has 0 bridgehead atoms. The zero-order valence-corrected chi connectivity index (χ0v) is 10.4. The number of likely N-dealkylation sites (tertiary alicyclic amines) is 1. The van der Waals surface area contributed by atoms with Crippen LogP contribution in [0.4, 0.5) is 0 Å². The lowest BCUT2D eigenvalue weighted by Crippen LogP contribution is -2.28. The number of thioether (sulfide) groups is 1. The van der Waals surface area contributed by atoms with Crippen molar-refractivity contribution in [1.82, 2.24) is 9.88 Å². The van der Waals surface area contributed by atoms with Gasteiger partial charge in [-0.25, -0.2) is 4.98 Å². The zero-order valence-electron chi connectivity index (χ0n) is 9.59. The number of rotatable bonds is 4. The predicted octanol–water partition coefficient (Wildman–Crippen LogP) is 1.10. The molecule has 0 radical (unpaired) electrons. The second-order valence-electron chi connectivity index (χ2n) is 4.01. The lowest BCUT2D eigenvalue weighted by molar-refractivity contribution is -0.127. The molecule has 92 valence electrons. The molecular formula is C11H14N2O3S. The van der Waals surface area contributed by atoms with E-state index in [0.717, 1.165) is 5.69 Å². The molecule has 0 aliphatic carbocycles. The highest BCUT2D eigenvalue weighted by Crippen LogP contribution is 2.24. The van der Waals surface area contributed by atoms with Gasteiger partial charge in [-0.15, -0.1) is 0 Å². The Balaban J connectivity index is 1.82. The van der Waals surface area contributed by atoms with Gasteiger partial charge in [0, 0.05) is 38.1 Å². The normalized spacial score (nSPS) is 19.9.